The van der Waals surface area contributed by atoms with Crippen molar-refractivity contribution in [1.29, 1.82) is 0 Å². The zero-order valence-corrected chi connectivity index (χ0v) is 13.2. The summed E-state index contributed by atoms with van der Waals surface area (Å²) in [7, 11) is 0. The van der Waals surface area contributed by atoms with Crippen LogP contribution in [0.15, 0.2) is 42.5 Å². The molecule has 5 heteroatoms. The number of halogens is 2. The quantitative estimate of drug-likeness (QED) is 0.921. The average molecular weight is 331 g/mol. The lowest BCUT2D eigenvalue weighted by molar-refractivity contribution is -0.132. The molecule has 2 aromatic carbocycles. The third-order valence-corrected chi connectivity index (χ3v) is 4.47. The largest absolute Gasteiger partial charge is 0.508 e. The maximum atomic E-state index is 13.7. The van der Waals surface area contributed by atoms with Gasteiger partial charge in [0.1, 0.15) is 17.4 Å². The number of carbonyl (C=O) groups excluding carboxylic acids is 1. The molecular formula is C19H19F2NO2. The van der Waals surface area contributed by atoms with Gasteiger partial charge in [0.2, 0.25) is 5.91 Å². The topological polar surface area (TPSA) is 40.5 Å². The van der Waals surface area contributed by atoms with Crippen LogP contribution in [0.2, 0.25) is 0 Å². The van der Waals surface area contributed by atoms with Gasteiger partial charge in [-0.3, -0.25) is 4.79 Å². The van der Waals surface area contributed by atoms with E-state index in [9.17, 15) is 18.7 Å². The van der Waals surface area contributed by atoms with E-state index >= 15 is 0 Å². The predicted molar refractivity (Wildman–Crippen MR) is 86.5 cm³/mol. The van der Waals surface area contributed by atoms with Crippen molar-refractivity contribution in [2.24, 2.45) is 0 Å². The van der Waals surface area contributed by atoms with Crippen molar-refractivity contribution >= 4 is 5.91 Å². The van der Waals surface area contributed by atoms with Crippen molar-refractivity contribution in [2.75, 3.05) is 6.54 Å². The summed E-state index contributed by atoms with van der Waals surface area (Å²) >= 11 is 0. The predicted octanol–water partition coefficient (Wildman–Crippen LogP) is 3.97. The van der Waals surface area contributed by atoms with Crippen LogP contribution in [0.3, 0.4) is 0 Å². The molecule has 3 rings (SSSR count). The number of hydrogen-bond donors (Lipinski definition) is 1. The van der Waals surface area contributed by atoms with E-state index in [0.29, 0.717) is 6.54 Å². The maximum Gasteiger partial charge on any atom is 0.223 e. The monoisotopic (exact) mass is 331 g/mol. The number of nitrogens with zero attached hydrogens (tertiary/aromatic N) is 1. The van der Waals surface area contributed by atoms with Gasteiger partial charge in [-0.05, 0) is 60.7 Å². The first kappa shape index (κ1) is 16.4. The van der Waals surface area contributed by atoms with Gasteiger partial charge in [-0.2, -0.15) is 0 Å². The summed E-state index contributed by atoms with van der Waals surface area (Å²) in [6.45, 7) is 0.663. The molecule has 3 nitrogen and oxygen atoms in total. The summed E-state index contributed by atoms with van der Waals surface area (Å²) in [4.78, 5) is 14.3. The molecule has 1 aliphatic rings. The van der Waals surface area contributed by atoms with E-state index < -0.39 is 11.6 Å². The van der Waals surface area contributed by atoms with Crippen molar-refractivity contribution in [2.45, 2.75) is 31.7 Å². The highest BCUT2D eigenvalue weighted by Gasteiger charge is 2.29. The Morgan fingerprint density at radius 3 is 2.67 bits per heavy atom. The zero-order valence-electron chi connectivity index (χ0n) is 13.2. The van der Waals surface area contributed by atoms with Crippen LogP contribution in [0.5, 0.6) is 5.75 Å². The van der Waals surface area contributed by atoms with Crippen LogP contribution in [-0.2, 0) is 11.2 Å². The Labute approximate surface area is 139 Å². The molecule has 1 aliphatic heterocycles. The highest BCUT2D eigenvalue weighted by Crippen LogP contribution is 2.33. The van der Waals surface area contributed by atoms with Gasteiger partial charge < -0.3 is 10.0 Å². The highest BCUT2D eigenvalue weighted by molar-refractivity contribution is 5.77. The van der Waals surface area contributed by atoms with Crippen LogP contribution >= 0.6 is 0 Å². The number of phenolic OH excluding ortho intramolecular Hbond substituents is 1. The van der Waals surface area contributed by atoms with Crippen molar-refractivity contribution in [3.63, 3.8) is 0 Å². The van der Waals surface area contributed by atoms with Crippen LogP contribution in [0.1, 0.15) is 36.4 Å². The summed E-state index contributed by atoms with van der Waals surface area (Å²) in [6.07, 6.45) is 2.10. The van der Waals surface area contributed by atoms with Gasteiger partial charge in [-0.25, -0.2) is 8.78 Å². The molecule has 0 aliphatic carbocycles. The summed E-state index contributed by atoms with van der Waals surface area (Å²) in [5.41, 5.74) is 1.21. The van der Waals surface area contributed by atoms with Crippen LogP contribution in [0.4, 0.5) is 8.78 Å². The molecular weight excluding hydrogens is 312 g/mol. The molecule has 126 valence electrons. The molecule has 1 heterocycles. The van der Waals surface area contributed by atoms with Crippen molar-refractivity contribution in [3.8, 4) is 5.75 Å². The molecule has 0 bridgehead atoms. The number of rotatable bonds is 4. The fourth-order valence-electron chi connectivity index (χ4n) is 3.23. The normalized spacial score (nSPS) is 17.2. The first-order chi connectivity index (χ1) is 11.5. The molecule has 1 amide bonds. The minimum atomic E-state index is -0.498. The van der Waals surface area contributed by atoms with E-state index in [2.05, 4.69) is 0 Å². The lowest BCUT2D eigenvalue weighted by Crippen LogP contribution is -2.30. The molecule has 1 N–H and O–H groups in total. The van der Waals surface area contributed by atoms with Gasteiger partial charge in [0.05, 0.1) is 6.04 Å². The molecule has 1 atom stereocenters. The van der Waals surface area contributed by atoms with Gasteiger partial charge >= 0.3 is 0 Å². The average Bonchev–Trinajstić information content (AvgIpc) is 3.06. The van der Waals surface area contributed by atoms with Crippen molar-refractivity contribution < 1.29 is 18.7 Å². The highest BCUT2D eigenvalue weighted by atomic mass is 19.1. The number of amides is 1. The second-order valence-corrected chi connectivity index (χ2v) is 6.07. The molecule has 1 fully saturated rings. The molecule has 0 aromatic heterocycles. The van der Waals surface area contributed by atoms with Gasteiger partial charge in [0.25, 0.3) is 0 Å². The number of carbonyl (C=O) groups is 1. The van der Waals surface area contributed by atoms with Gasteiger partial charge in [-0.15, -0.1) is 0 Å². The van der Waals surface area contributed by atoms with Crippen LogP contribution in [0, 0.1) is 11.6 Å². The van der Waals surface area contributed by atoms with E-state index in [1.165, 1.54) is 0 Å². The van der Waals surface area contributed by atoms with Gasteiger partial charge in [0, 0.05) is 13.0 Å². The fraction of sp³-hybridized carbons (Fsp3) is 0.316. The minimum Gasteiger partial charge on any atom is -0.508 e. The Morgan fingerprint density at radius 2 is 1.92 bits per heavy atom. The summed E-state index contributed by atoms with van der Waals surface area (Å²) < 4.78 is 26.9. The second kappa shape index (κ2) is 6.99. The second-order valence-electron chi connectivity index (χ2n) is 6.07. The van der Waals surface area contributed by atoms with Crippen molar-refractivity contribution in [1.82, 2.24) is 4.90 Å². The fourth-order valence-corrected chi connectivity index (χ4v) is 3.23. The number of aromatic hydroxyl groups is 1. The molecule has 0 spiro atoms. The molecule has 1 unspecified atom stereocenters. The van der Waals surface area contributed by atoms with Crippen LogP contribution < -0.4 is 0 Å². The minimum absolute atomic E-state index is 0.0181. The molecule has 2 aromatic rings. The lowest BCUT2D eigenvalue weighted by Gasteiger charge is -2.25. The zero-order chi connectivity index (χ0) is 17.1. The SMILES string of the molecule is O=C(CCc1cc(F)ccc1F)N1CCCC1c1ccc(O)cc1. The smallest absolute Gasteiger partial charge is 0.223 e. The third kappa shape index (κ3) is 3.55. The van der Waals surface area contributed by atoms with Crippen LogP contribution in [0.25, 0.3) is 0 Å². The Morgan fingerprint density at radius 1 is 1.17 bits per heavy atom. The van der Waals surface area contributed by atoms with E-state index in [1.807, 2.05) is 12.1 Å². The Hall–Kier alpha value is -2.43. The summed E-state index contributed by atoms with van der Waals surface area (Å²) in [5.74, 6) is -0.854. The number of phenols is 1. The van der Waals surface area contributed by atoms with Crippen molar-refractivity contribution in [3.05, 3.63) is 65.2 Å². The number of likely N-dealkylation sites (tertiary alicyclic amines) is 1. The third-order valence-electron chi connectivity index (χ3n) is 4.47. The lowest BCUT2D eigenvalue weighted by atomic mass is 10.0. The van der Waals surface area contributed by atoms with E-state index in [-0.39, 0.29) is 36.1 Å². The molecule has 24 heavy (non-hydrogen) atoms. The Bertz CT molecular complexity index is 731. The summed E-state index contributed by atoms with van der Waals surface area (Å²) in [5, 5.41) is 9.39. The standard InChI is InChI=1S/C19H19F2NO2/c20-15-6-9-17(21)14(12-15)5-10-19(24)22-11-1-2-18(22)13-3-7-16(23)8-4-13/h3-4,6-9,12,18,23H,1-2,5,10-11H2. The number of hydrogen-bond acceptors (Lipinski definition) is 2. The Balaban J connectivity index is 1.67. The molecule has 1 saturated heterocycles. The van der Waals surface area contributed by atoms with E-state index in [1.54, 1.807) is 17.0 Å². The van der Waals surface area contributed by atoms with Gasteiger partial charge in [-0.1, -0.05) is 12.1 Å². The van der Waals surface area contributed by atoms with Gasteiger partial charge in [0.15, 0.2) is 0 Å². The first-order valence-electron chi connectivity index (χ1n) is 8.07. The maximum absolute atomic E-state index is 13.7. The number of aryl methyl sites for hydroxylation is 1. The van der Waals surface area contributed by atoms with Crippen LogP contribution in [-0.4, -0.2) is 22.5 Å². The van der Waals surface area contributed by atoms with E-state index in [4.69, 9.17) is 0 Å². The molecule has 0 radical (unpaired) electrons. The Kier molecular flexibility index (Phi) is 4.79. The summed E-state index contributed by atoms with van der Waals surface area (Å²) in [6, 6.07) is 10.1. The first-order valence-corrected chi connectivity index (χ1v) is 8.07. The molecule has 0 saturated carbocycles. The number of benzene rings is 2. The van der Waals surface area contributed by atoms with E-state index in [0.717, 1.165) is 36.6 Å².